The van der Waals surface area contributed by atoms with Crippen LogP contribution in [0, 0.1) is 0 Å². The van der Waals surface area contributed by atoms with E-state index in [1.54, 1.807) is 18.2 Å². The Morgan fingerprint density at radius 2 is 1.81 bits per heavy atom. The molecule has 0 amide bonds. The monoisotopic (exact) mass is 442 g/mol. The van der Waals surface area contributed by atoms with E-state index in [0.717, 1.165) is 59.5 Å². The van der Waals surface area contributed by atoms with Crippen LogP contribution in [0.25, 0.3) is 33.2 Å². The van der Waals surface area contributed by atoms with Crippen LogP contribution in [-0.2, 0) is 4.57 Å². The molecule has 8 nitrogen and oxygen atoms in total. The Balaban J connectivity index is 1.59. The number of ether oxygens (including phenoxy) is 1. The van der Waals surface area contributed by atoms with Crippen molar-refractivity contribution in [3.8, 4) is 22.9 Å². The predicted octanol–water partition coefficient (Wildman–Crippen LogP) is 4.63. The van der Waals surface area contributed by atoms with Crippen molar-refractivity contribution in [1.29, 1.82) is 0 Å². The molecule has 2 heterocycles. The van der Waals surface area contributed by atoms with Crippen molar-refractivity contribution in [3.05, 3.63) is 42.5 Å². The molecule has 0 spiro atoms. The molecule has 1 atom stereocenters. The molecule has 164 valence electrons. The molecule has 0 bridgehead atoms. The minimum atomic E-state index is -3.64. The van der Waals surface area contributed by atoms with Gasteiger partial charge in [-0.2, -0.15) is 5.10 Å². The van der Waals surface area contributed by atoms with Crippen LogP contribution in [0.15, 0.2) is 42.5 Å². The molecular weight excluding hydrogens is 415 g/mol. The molecule has 0 saturated carbocycles. The summed E-state index contributed by atoms with van der Waals surface area (Å²) in [5.74, 6) is 1.15. The van der Waals surface area contributed by atoms with Gasteiger partial charge in [0.15, 0.2) is 0 Å². The fraction of sp³-hybridized carbons (Fsp3) is 0.318. The fourth-order valence-electron chi connectivity index (χ4n) is 3.61. The number of nitrogens with zero attached hydrogens (tertiary/aromatic N) is 2. The summed E-state index contributed by atoms with van der Waals surface area (Å²) in [4.78, 5) is 15.2. The number of benzene rings is 2. The number of likely N-dealkylation sites (N-methyl/N-ethyl adjacent to an activating group) is 1. The van der Waals surface area contributed by atoms with E-state index in [2.05, 4.69) is 33.9 Å². The SMILES string of the molecule is CCN(CC)CCOc1ccc2[nH]c(-c3n[nH]c4ccc(OP(C)(=O)O)cc34)cc2c1. The van der Waals surface area contributed by atoms with Crippen LogP contribution in [-0.4, -0.2) is 57.9 Å². The molecule has 0 fully saturated rings. The summed E-state index contributed by atoms with van der Waals surface area (Å²) in [7, 11) is -3.64. The molecule has 31 heavy (non-hydrogen) atoms. The van der Waals surface area contributed by atoms with Gasteiger partial charge >= 0.3 is 7.60 Å². The standard InChI is InChI=1S/C22H27N4O4P/c1-4-26(5-2)10-11-29-16-6-8-19-15(12-16)13-21(23-19)22-18-14-17(30-31(3,27)28)7-9-20(18)24-25-22/h6-9,12-14,23H,4-5,10-11H2,1-3H3,(H,24,25)(H,27,28). The lowest BCUT2D eigenvalue weighted by Crippen LogP contribution is -2.27. The predicted molar refractivity (Wildman–Crippen MR) is 123 cm³/mol. The van der Waals surface area contributed by atoms with Gasteiger partial charge < -0.3 is 24.0 Å². The van der Waals surface area contributed by atoms with Gasteiger partial charge in [-0.25, -0.2) is 4.57 Å². The summed E-state index contributed by atoms with van der Waals surface area (Å²) in [5.41, 5.74) is 3.33. The summed E-state index contributed by atoms with van der Waals surface area (Å²) in [5, 5.41) is 9.24. The lowest BCUT2D eigenvalue weighted by atomic mass is 10.1. The molecule has 4 aromatic rings. The highest BCUT2D eigenvalue weighted by Gasteiger charge is 2.16. The highest BCUT2D eigenvalue weighted by molar-refractivity contribution is 7.52. The molecule has 0 aliphatic carbocycles. The van der Waals surface area contributed by atoms with Gasteiger partial charge in [-0.1, -0.05) is 13.8 Å². The Labute approximate surface area is 180 Å². The number of aromatic amines is 2. The van der Waals surface area contributed by atoms with Gasteiger partial charge in [-0.3, -0.25) is 5.10 Å². The summed E-state index contributed by atoms with van der Waals surface area (Å²) in [6.45, 7) is 9.02. The van der Waals surface area contributed by atoms with Crippen molar-refractivity contribution in [1.82, 2.24) is 20.1 Å². The molecule has 1 unspecified atom stereocenters. The van der Waals surface area contributed by atoms with E-state index in [1.165, 1.54) is 0 Å². The topological polar surface area (TPSA) is 103 Å². The normalized spacial score (nSPS) is 13.7. The summed E-state index contributed by atoms with van der Waals surface area (Å²) in [6, 6.07) is 13.1. The zero-order valence-corrected chi connectivity index (χ0v) is 18.8. The first-order valence-corrected chi connectivity index (χ1v) is 12.3. The Bertz CT molecular complexity index is 1240. The van der Waals surface area contributed by atoms with E-state index in [9.17, 15) is 9.46 Å². The lowest BCUT2D eigenvalue weighted by molar-refractivity contribution is 0.223. The third kappa shape index (κ3) is 4.93. The molecule has 0 aliphatic heterocycles. The summed E-state index contributed by atoms with van der Waals surface area (Å²) < 4.78 is 22.7. The summed E-state index contributed by atoms with van der Waals surface area (Å²) >= 11 is 0. The molecule has 2 aromatic heterocycles. The molecule has 2 aromatic carbocycles. The highest BCUT2D eigenvalue weighted by atomic mass is 31.2. The van der Waals surface area contributed by atoms with Gasteiger partial charge in [-0.15, -0.1) is 0 Å². The number of H-pyrrole nitrogens is 2. The maximum atomic E-state index is 11.6. The molecule has 0 radical (unpaired) electrons. The van der Waals surface area contributed by atoms with Gasteiger partial charge in [0.05, 0.1) is 11.2 Å². The van der Waals surface area contributed by atoms with Crippen molar-refractivity contribution in [2.24, 2.45) is 0 Å². The third-order valence-corrected chi connectivity index (χ3v) is 5.78. The molecule has 4 rings (SSSR count). The number of hydrogen-bond donors (Lipinski definition) is 3. The quantitative estimate of drug-likeness (QED) is 0.327. The first kappa shape index (κ1) is 21.4. The molecular formula is C22H27N4O4P. The molecule has 0 aliphatic rings. The van der Waals surface area contributed by atoms with Crippen molar-refractivity contribution in [2.75, 3.05) is 32.9 Å². The third-order valence-electron chi connectivity index (χ3n) is 5.23. The van der Waals surface area contributed by atoms with Crippen molar-refractivity contribution < 1.29 is 18.7 Å². The second kappa shape index (κ2) is 8.75. The van der Waals surface area contributed by atoms with Crippen LogP contribution in [0.4, 0.5) is 0 Å². The number of hydrogen-bond acceptors (Lipinski definition) is 5. The number of fused-ring (bicyclic) bond motifs is 2. The van der Waals surface area contributed by atoms with Gasteiger partial charge in [0.2, 0.25) is 0 Å². The number of rotatable bonds is 9. The smallest absolute Gasteiger partial charge is 0.373 e. The first-order chi connectivity index (χ1) is 14.9. The van der Waals surface area contributed by atoms with Crippen LogP contribution in [0.3, 0.4) is 0 Å². The molecule has 9 heteroatoms. The molecule has 0 saturated heterocycles. The van der Waals surface area contributed by atoms with E-state index in [4.69, 9.17) is 9.26 Å². The van der Waals surface area contributed by atoms with E-state index >= 15 is 0 Å². The van der Waals surface area contributed by atoms with Gasteiger partial charge in [0, 0.05) is 29.5 Å². The Morgan fingerprint density at radius 3 is 2.55 bits per heavy atom. The average molecular weight is 442 g/mol. The van der Waals surface area contributed by atoms with E-state index in [1.807, 2.05) is 24.3 Å². The maximum absolute atomic E-state index is 11.6. The second-order valence-corrected chi connectivity index (χ2v) is 9.27. The van der Waals surface area contributed by atoms with E-state index in [0.29, 0.717) is 18.1 Å². The average Bonchev–Trinajstić information content (AvgIpc) is 3.33. The van der Waals surface area contributed by atoms with E-state index in [-0.39, 0.29) is 0 Å². The van der Waals surface area contributed by atoms with Crippen LogP contribution in [0.5, 0.6) is 11.5 Å². The highest BCUT2D eigenvalue weighted by Crippen LogP contribution is 2.40. The Hall–Kier alpha value is -2.80. The van der Waals surface area contributed by atoms with E-state index < -0.39 is 7.60 Å². The van der Waals surface area contributed by atoms with Crippen molar-refractivity contribution in [3.63, 3.8) is 0 Å². The zero-order valence-electron chi connectivity index (χ0n) is 17.9. The maximum Gasteiger partial charge on any atom is 0.373 e. The van der Waals surface area contributed by atoms with Gasteiger partial charge in [0.1, 0.15) is 23.8 Å². The zero-order chi connectivity index (χ0) is 22.0. The number of nitrogens with one attached hydrogen (secondary N) is 2. The second-order valence-electron chi connectivity index (χ2n) is 7.48. The number of aromatic nitrogens is 3. The van der Waals surface area contributed by atoms with Crippen molar-refractivity contribution >= 4 is 29.4 Å². The van der Waals surface area contributed by atoms with Crippen LogP contribution in [0.2, 0.25) is 0 Å². The molecule has 3 N–H and O–H groups in total. The lowest BCUT2D eigenvalue weighted by Gasteiger charge is -2.17. The van der Waals surface area contributed by atoms with Gasteiger partial charge in [-0.05, 0) is 55.6 Å². The van der Waals surface area contributed by atoms with Crippen molar-refractivity contribution in [2.45, 2.75) is 13.8 Å². The van der Waals surface area contributed by atoms with Gasteiger partial charge in [0.25, 0.3) is 0 Å². The Morgan fingerprint density at radius 1 is 1.06 bits per heavy atom. The largest absolute Gasteiger partial charge is 0.492 e. The van der Waals surface area contributed by atoms with Crippen LogP contribution in [0.1, 0.15) is 13.8 Å². The summed E-state index contributed by atoms with van der Waals surface area (Å²) in [6.07, 6.45) is 0. The minimum absolute atomic E-state index is 0.323. The first-order valence-electron chi connectivity index (χ1n) is 10.3. The fourth-order valence-corrected chi connectivity index (χ4v) is 4.12. The minimum Gasteiger partial charge on any atom is -0.492 e. The van der Waals surface area contributed by atoms with Crippen LogP contribution < -0.4 is 9.26 Å². The Kier molecular flexibility index (Phi) is 6.05. The van der Waals surface area contributed by atoms with Crippen LogP contribution >= 0.6 is 7.60 Å².